The SMILES string of the molecule is Cc1ccc(C(=O)Nc2ccc(-n3cnc4ccccc43)cc2)c(C)c1. The van der Waals surface area contributed by atoms with Gasteiger partial charge >= 0.3 is 0 Å². The summed E-state index contributed by atoms with van der Waals surface area (Å²) in [5.41, 5.74) is 6.60. The van der Waals surface area contributed by atoms with Crippen LogP contribution in [0.5, 0.6) is 0 Å². The largest absolute Gasteiger partial charge is 0.322 e. The van der Waals surface area contributed by atoms with Crippen LogP contribution in [0.4, 0.5) is 5.69 Å². The molecule has 1 aromatic heterocycles. The molecular formula is C22H19N3O. The Kier molecular flexibility index (Phi) is 4.01. The Morgan fingerprint density at radius 3 is 2.50 bits per heavy atom. The Bertz CT molecular complexity index is 1090. The number of hydrogen-bond donors (Lipinski definition) is 1. The van der Waals surface area contributed by atoms with Crippen molar-refractivity contribution in [2.75, 3.05) is 5.32 Å². The number of carbonyl (C=O) groups is 1. The highest BCUT2D eigenvalue weighted by atomic mass is 16.1. The molecule has 26 heavy (non-hydrogen) atoms. The van der Waals surface area contributed by atoms with Crippen LogP contribution in [0.15, 0.2) is 73.1 Å². The third kappa shape index (κ3) is 2.97. The van der Waals surface area contributed by atoms with E-state index in [4.69, 9.17) is 0 Å². The molecule has 128 valence electrons. The Balaban J connectivity index is 1.57. The van der Waals surface area contributed by atoms with Gasteiger partial charge in [0.05, 0.1) is 11.0 Å². The lowest BCUT2D eigenvalue weighted by atomic mass is 10.1. The van der Waals surface area contributed by atoms with Gasteiger partial charge < -0.3 is 5.32 Å². The standard InChI is InChI=1S/C22H19N3O/c1-15-7-12-19(16(2)13-15)22(26)24-17-8-10-18(11-9-17)25-14-23-20-5-3-4-6-21(20)25/h3-14H,1-2H3,(H,24,26). The maximum Gasteiger partial charge on any atom is 0.255 e. The van der Waals surface area contributed by atoms with E-state index in [0.717, 1.165) is 33.5 Å². The zero-order valence-corrected chi connectivity index (χ0v) is 14.7. The van der Waals surface area contributed by atoms with Gasteiger partial charge in [-0.1, -0.05) is 29.8 Å². The van der Waals surface area contributed by atoms with E-state index in [1.165, 1.54) is 0 Å². The smallest absolute Gasteiger partial charge is 0.255 e. The molecule has 0 saturated heterocycles. The maximum atomic E-state index is 12.5. The van der Waals surface area contributed by atoms with Crippen LogP contribution in [0.1, 0.15) is 21.5 Å². The topological polar surface area (TPSA) is 46.9 Å². The quantitative estimate of drug-likeness (QED) is 0.576. The van der Waals surface area contributed by atoms with E-state index in [9.17, 15) is 4.79 Å². The molecule has 0 unspecified atom stereocenters. The van der Waals surface area contributed by atoms with Crippen molar-refractivity contribution in [3.63, 3.8) is 0 Å². The predicted molar refractivity (Wildman–Crippen MR) is 105 cm³/mol. The molecule has 1 N–H and O–H groups in total. The molecule has 4 heteroatoms. The first-order chi connectivity index (χ1) is 12.6. The van der Waals surface area contributed by atoms with Gasteiger partial charge in [0.2, 0.25) is 0 Å². The van der Waals surface area contributed by atoms with Crippen molar-refractivity contribution in [1.82, 2.24) is 9.55 Å². The number of imidazole rings is 1. The summed E-state index contributed by atoms with van der Waals surface area (Å²) >= 11 is 0. The lowest BCUT2D eigenvalue weighted by Crippen LogP contribution is -2.13. The van der Waals surface area contributed by atoms with E-state index < -0.39 is 0 Å². The van der Waals surface area contributed by atoms with Gasteiger partial charge in [0.1, 0.15) is 6.33 Å². The highest BCUT2D eigenvalue weighted by molar-refractivity contribution is 6.05. The van der Waals surface area contributed by atoms with Crippen LogP contribution in [-0.2, 0) is 0 Å². The van der Waals surface area contributed by atoms with Crippen molar-refractivity contribution in [2.24, 2.45) is 0 Å². The fraction of sp³-hybridized carbons (Fsp3) is 0.0909. The van der Waals surface area contributed by atoms with E-state index >= 15 is 0 Å². The van der Waals surface area contributed by atoms with Crippen molar-refractivity contribution in [2.45, 2.75) is 13.8 Å². The average molecular weight is 341 g/mol. The van der Waals surface area contributed by atoms with Gasteiger partial charge in [0.25, 0.3) is 5.91 Å². The molecule has 0 radical (unpaired) electrons. The molecule has 4 aromatic rings. The van der Waals surface area contributed by atoms with Crippen molar-refractivity contribution in [1.29, 1.82) is 0 Å². The lowest BCUT2D eigenvalue weighted by Gasteiger charge is -2.10. The third-order valence-corrected chi connectivity index (χ3v) is 4.48. The Hall–Kier alpha value is -3.40. The lowest BCUT2D eigenvalue weighted by molar-refractivity contribution is 0.102. The van der Waals surface area contributed by atoms with Gasteiger partial charge in [-0.25, -0.2) is 4.98 Å². The zero-order chi connectivity index (χ0) is 18.1. The van der Waals surface area contributed by atoms with Crippen molar-refractivity contribution < 1.29 is 4.79 Å². The summed E-state index contributed by atoms with van der Waals surface area (Å²) in [6.45, 7) is 3.97. The Labute approximate surface area is 152 Å². The van der Waals surface area contributed by atoms with Crippen LogP contribution in [0.3, 0.4) is 0 Å². The number of amides is 1. The molecule has 0 bridgehead atoms. The first-order valence-electron chi connectivity index (χ1n) is 8.53. The molecule has 0 saturated carbocycles. The molecular weight excluding hydrogens is 322 g/mol. The number of aryl methyl sites for hydroxylation is 2. The molecule has 0 aliphatic heterocycles. The zero-order valence-electron chi connectivity index (χ0n) is 14.7. The van der Waals surface area contributed by atoms with E-state index in [1.807, 2.05) is 91.5 Å². The summed E-state index contributed by atoms with van der Waals surface area (Å²) in [7, 11) is 0. The number of nitrogens with zero attached hydrogens (tertiary/aromatic N) is 2. The number of carbonyl (C=O) groups excluding carboxylic acids is 1. The van der Waals surface area contributed by atoms with Crippen LogP contribution < -0.4 is 5.32 Å². The summed E-state index contributed by atoms with van der Waals surface area (Å²) in [4.78, 5) is 16.9. The molecule has 0 aliphatic carbocycles. The van der Waals surface area contributed by atoms with Gasteiger partial charge in [-0.05, 0) is 61.9 Å². The molecule has 0 atom stereocenters. The maximum absolute atomic E-state index is 12.5. The van der Waals surface area contributed by atoms with E-state index in [1.54, 1.807) is 0 Å². The van der Waals surface area contributed by atoms with Gasteiger partial charge in [-0.3, -0.25) is 9.36 Å². The molecule has 0 aliphatic rings. The van der Waals surface area contributed by atoms with Crippen LogP contribution >= 0.6 is 0 Å². The first kappa shape index (κ1) is 16.1. The second kappa shape index (κ2) is 6.48. The number of anilines is 1. The fourth-order valence-electron chi connectivity index (χ4n) is 3.14. The highest BCUT2D eigenvalue weighted by Gasteiger charge is 2.10. The minimum Gasteiger partial charge on any atom is -0.322 e. The van der Waals surface area contributed by atoms with E-state index in [0.29, 0.717) is 5.56 Å². The molecule has 4 nitrogen and oxygen atoms in total. The Morgan fingerprint density at radius 2 is 1.73 bits per heavy atom. The number of rotatable bonds is 3. The average Bonchev–Trinajstić information content (AvgIpc) is 3.06. The molecule has 0 fully saturated rings. The molecule has 1 heterocycles. The first-order valence-corrected chi connectivity index (χ1v) is 8.53. The summed E-state index contributed by atoms with van der Waals surface area (Å²) < 4.78 is 2.03. The van der Waals surface area contributed by atoms with Gasteiger partial charge in [0, 0.05) is 16.9 Å². The number of para-hydroxylation sites is 2. The minimum absolute atomic E-state index is 0.0941. The highest BCUT2D eigenvalue weighted by Crippen LogP contribution is 2.20. The second-order valence-corrected chi connectivity index (χ2v) is 6.42. The van der Waals surface area contributed by atoms with E-state index in [2.05, 4.69) is 10.3 Å². The van der Waals surface area contributed by atoms with Crippen LogP contribution in [0.2, 0.25) is 0 Å². The number of hydrogen-bond acceptors (Lipinski definition) is 2. The summed E-state index contributed by atoms with van der Waals surface area (Å²) in [6.07, 6.45) is 1.81. The summed E-state index contributed by atoms with van der Waals surface area (Å²) in [6, 6.07) is 21.6. The molecule has 0 spiro atoms. The van der Waals surface area contributed by atoms with Gasteiger partial charge in [-0.15, -0.1) is 0 Å². The van der Waals surface area contributed by atoms with Crippen LogP contribution in [-0.4, -0.2) is 15.5 Å². The predicted octanol–water partition coefficient (Wildman–Crippen LogP) is 4.89. The van der Waals surface area contributed by atoms with Crippen molar-refractivity contribution >= 4 is 22.6 Å². The van der Waals surface area contributed by atoms with Gasteiger partial charge in [-0.2, -0.15) is 0 Å². The molecule has 3 aromatic carbocycles. The van der Waals surface area contributed by atoms with Crippen LogP contribution in [0.25, 0.3) is 16.7 Å². The van der Waals surface area contributed by atoms with Gasteiger partial charge in [0.15, 0.2) is 0 Å². The molecule has 1 amide bonds. The second-order valence-electron chi connectivity index (χ2n) is 6.42. The number of fused-ring (bicyclic) bond motifs is 1. The third-order valence-electron chi connectivity index (χ3n) is 4.48. The summed E-state index contributed by atoms with van der Waals surface area (Å²) in [5, 5.41) is 2.96. The number of nitrogens with one attached hydrogen (secondary N) is 1. The Morgan fingerprint density at radius 1 is 0.962 bits per heavy atom. The summed E-state index contributed by atoms with van der Waals surface area (Å²) in [5.74, 6) is -0.0941. The monoisotopic (exact) mass is 341 g/mol. The van der Waals surface area contributed by atoms with E-state index in [-0.39, 0.29) is 5.91 Å². The van der Waals surface area contributed by atoms with Crippen LogP contribution in [0, 0.1) is 13.8 Å². The number of benzene rings is 3. The van der Waals surface area contributed by atoms with Crippen molar-refractivity contribution in [3.8, 4) is 5.69 Å². The minimum atomic E-state index is -0.0941. The number of aromatic nitrogens is 2. The fourth-order valence-corrected chi connectivity index (χ4v) is 3.14. The molecule has 4 rings (SSSR count). The normalized spacial score (nSPS) is 10.8. The van der Waals surface area contributed by atoms with Crippen molar-refractivity contribution in [3.05, 3.63) is 89.7 Å².